The van der Waals surface area contributed by atoms with Crippen LogP contribution in [0.2, 0.25) is 0 Å². The number of Topliss-reactive ketones (excluding diaryl/α,β-unsaturated/α-hetero) is 1. The minimum Gasteiger partial charge on any atom is -0.447 e. The number of carbonyl (C=O) groups excluding carboxylic acids is 2. The zero-order valence-electron chi connectivity index (χ0n) is 12.3. The van der Waals surface area contributed by atoms with Crippen LogP contribution in [0.25, 0.3) is 0 Å². The van der Waals surface area contributed by atoms with E-state index >= 15 is 0 Å². The molecule has 0 amide bonds. The lowest BCUT2D eigenvalue weighted by atomic mass is 9.81. The maximum absolute atomic E-state index is 12.7. The summed E-state index contributed by atoms with van der Waals surface area (Å²) in [6, 6.07) is 0. The number of fused-ring (bicyclic) bond motifs is 2. The fourth-order valence-corrected chi connectivity index (χ4v) is 3.11. The third-order valence-electron chi connectivity index (χ3n) is 4.16. The topological polar surface area (TPSA) is 43.4 Å². The molecule has 1 saturated carbocycles. The molecule has 0 aromatic heterocycles. The Bertz CT molecular complexity index is 434. The summed E-state index contributed by atoms with van der Waals surface area (Å²) >= 11 is 0. The van der Waals surface area contributed by atoms with Gasteiger partial charge >= 0.3 is 5.97 Å². The van der Waals surface area contributed by atoms with Crippen molar-refractivity contribution in [1.82, 2.24) is 0 Å². The van der Waals surface area contributed by atoms with Crippen molar-refractivity contribution in [3.63, 3.8) is 0 Å². The predicted molar refractivity (Wildman–Crippen MR) is 78.3 cm³/mol. The zero-order valence-corrected chi connectivity index (χ0v) is 12.3. The second-order valence-corrected chi connectivity index (χ2v) is 5.84. The van der Waals surface area contributed by atoms with Gasteiger partial charge in [-0.1, -0.05) is 44.3 Å². The molecule has 0 radical (unpaired) electrons. The number of esters is 1. The highest BCUT2D eigenvalue weighted by Crippen LogP contribution is 2.32. The van der Waals surface area contributed by atoms with Gasteiger partial charge in [0.2, 0.25) is 5.78 Å². The highest BCUT2D eigenvalue weighted by atomic mass is 16.6. The van der Waals surface area contributed by atoms with Gasteiger partial charge in [-0.2, -0.15) is 0 Å². The van der Waals surface area contributed by atoms with Gasteiger partial charge in [0, 0.05) is 6.92 Å². The molecular weight excluding hydrogens is 252 g/mol. The van der Waals surface area contributed by atoms with Crippen LogP contribution in [-0.2, 0) is 14.3 Å². The summed E-state index contributed by atoms with van der Waals surface area (Å²) in [5.41, 5.74) is -0.218. The molecule has 1 atom stereocenters. The van der Waals surface area contributed by atoms with Crippen LogP contribution < -0.4 is 0 Å². The Morgan fingerprint density at radius 2 is 1.75 bits per heavy atom. The van der Waals surface area contributed by atoms with Crippen molar-refractivity contribution >= 4 is 11.8 Å². The third kappa shape index (κ3) is 3.59. The number of carbonyl (C=O) groups is 2. The number of allylic oxidation sites excluding steroid dienone is 2. The third-order valence-corrected chi connectivity index (χ3v) is 4.16. The van der Waals surface area contributed by atoms with E-state index in [1.165, 1.54) is 32.6 Å². The lowest BCUT2D eigenvalue weighted by Gasteiger charge is -2.32. The quantitative estimate of drug-likeness (QED) is 0.683. The van der Waals surface area contributed by atoms with Gasteiger partial charge in [0.15, 0.2) is 5.60 Å². The van der Waals surface area contributed by atoms with Crippen molar-refractivity contribution in [2.45, 2.75) is 70.3 Å². The Morgan fingerprint density at radius 3 is 2.45 bits per heavy atom. The van der Waals surface area contributed by atoms with E-state index in [2.05, 4.69) is 0 Å². The largest absolute Gasteiger partial charge is 0.447 e. The molecule has 110 valence electrons. The first-order valence-electron chi connectivity index (χ1n) is 7.77. The molecule has 0 N–H and O–H groups in total. The number of hydrogen-bond acceptors (Lipinski definition) is 3. The van der Waals surface area contributed by atoms with Gasteiger partial charge in [-0.25, -0.2) is 0 Å². The molecule has 1 fully saturated rings. The van der Waals surface area contributed by atoms with Crippen molar-refractivity contribution in [2.75, 3.05) is 0 Å². The van der Waals surface area contributed by atoms with E-state index in [0.29, 0.717) is 6.42 Å². The summed E-state index contributed by atoms with van der Waals surface area (Å²) in [6.07, 6.45) is 14.9. The smallest absolute Gasteiger partial charge is 0.303 e. The molecule has 2 rings (SSSR count). The summed E-state index contributed by atoms with van der Waals surface area (Å²) in [4.78, 5) is 24.1. The molecule has 0 spiro atoms. The number of ketones is 1. The molecule has 20 heavy (non-hydrogen) atoms. The first-order chi connectivity index (χ1) is 9.64. The van der Waals surface area contributed by atoms with Crippen LogP contribution in [0.3, 0.4) is 0 Å². The van der Waals surface area contributed by atoms with Crippen molar-refractivity contribution in [3.8, 4) is 0 Å². The minimum atomic E-state index is -1.03. The average Bonchev–Trinajstić information content (AvgIpc) is 2.40. The molecule has 0 aromatic carbocycles. The molecule has 2 aliphatic carbocycles. The molecule has 0 aliphatic heterocycles. The van der Waals surface area contributed by atoms with Crippen LogP contribution in [0.4, 0.5) is 0 Å². The van der Waals surface area contributed by atoms with Gasteiger partial charge < -0.3 is 4.74 Å². The molecule has 0 saturated heterocycles. The number of hydrogen-bond donors (Lipinski definition) is 0. The van der Waals surface area contributed by atoms with E-state index in [1.54, 1.807) is 6.08 Å². The van der Waals surface area contributed by atoms with Gasteiger partial charge in [0.1, 0.15) is 0 Å². The maximum Gasteiger partial charge on any atom is 0.303 e. The molecule has 3 nitrogen and oxygen atoms in total. The lowest BCUT2D eigenvalue weighted by molar-refractivity contribution is -0.159. The second kappa shape index (κ2) is 6.87. The predicted octanol–water partition coefficient (Wildman–Crippen LogP) is 3.88. The molecule has 0 aromatic rings. The van der Waals surface area contributed by atoms with E-state index in [1.807, 2.05) is 12.2 Å². The fraction of sp³-hybridized carbons (Fsp3) is 0.647. The van der Waals surface area contributed by atoms with E-state index in [-0.39, 0.29) is 11.8 Å². The van der Waals surface area contributed by atoms with Crippen LogP contribution in [-0.4, -0.2) is 17.4 Å². The van der Waals surface area contributed by atoms with Crippen molar-refractivity contribution in [1.29, 1.82) is 0 Å². The van der Waals surface area contributed by atoms with E-state index in [9.17, 15) is 9.59 Å². The Balaban J connectivity index is 2.20. The summed E-state index contributed by atoms with van der Waals surface area (Å²) in [5.74, 6) is -0.382. The molecule has 0 unspecified atom stereocenters. The Hall–Kier alpha value is -1.38. The van der Waals surface area contributed by atoms with Gasteiger partial charge in [-0.3, -0.25) is 9.59 Å². The van der Waals surface area contributed by atoms with Crippen molar-refractivity contribution < 1.29 is 14.3 Å². The normalized spacial score (nSPS) is 28.1. The summed E-state index contributed by atoms with van der Waals surface area (Å²) in [6.45, 7) is 1.38. The van der Waals surface area contributed by atoms with Crippen LogP contribution >= 0.6 is 0 Å². The van der Waals surface area contributed by atoms with Crippen LogP contribution in [0, 0.1) is 0 Å². The van der Waals surface area contributed by atoms with Crippen LogP contribution in [0.5, 0.6) is 0 Å². The van der Waals surface area contributed by atoms with Gasteiger partial charge in [-0.15, -0.1) is 0 Å². The summed E-state index contributed by atoms with van der Waals surface area (Å²) < 4.78 is 5.45. The summed E-state index contributed by atoms with van der Waals surface area (Å²) in [7, 11) is 0. The second-order valence-electron chi connectivity index (χ2n) is 5.84. The molecular formula is C17H24O3. The van der Waals surface area contributed by atoms with Crippen LogP contribution in [0.1, 0.15) is 64.7 Å². The number of ether oxygens (including phenoxy) is 1. The van der Waals surface area contributed by atoms with Crippen LogP contribution in [0.15, 0.2) is 23.8 Å². The minimum absolute atomic E-state index is 0.00391. The Labute approximate surface area is 121 Å². The molecule has 3 heteroatoms. The Kier molecular flexibility index (Phi) is 5.16. The van der Waals surface area contributed by atoms with Gasteiger partial charge in [-0.05, 0) is 37.3 Å². The van der Waals surface area contributed by atoms with Gasteiger partial charge in [0.25, 0.3) is 0 Å². The average molecular weight is 276 g/mol. The van der Waals surface area contributed by atoms with E-state index in [0.717, 1.165) is 31.3 Å². The lowest BCUT2D eigenvalue weighted by Crippen LogP contribution is -2.43. The fourth-order valence-electron chi connectivity index (χ4n) is 3.11. The summed E-state index contributed by atoms with van der Waals surface area (Å²) in [5, 5.41) is 0. The standard InChI is InChI=1S/C17H24O3/c1-14(18)20-17-12-8-6-4-2-3-5-7-10-15(16(17)19)11-9-13-17/h9,11,13H,2-8,10,12H2,1H3/t17-/m1/s1. The van der Waals surface area contributed by atoms with Crippen molar-refractivity contribution in [3.05, 3.63) is 23.8 Å². The molecule has 2 aliphatic rings. The monoisotopic (exact) mass is 276 g/mol. The highest BCUT2D eigenvalue weighted by molar-refractivity contribution is 6.05. The first-order valence-corrected chi connectivity index (χ1v) is 7.77. The van der Waals surface area contributed by atoms with Gasteiger partial charge in [0.05, 0.1) is 0 Å². The zero-order chi connectivity index (χ0) is 14.4. The van der Waals surface area contributed by atoms with E-state index in [4.69, 9.17) is 4.74 Å². The van der Waals surface area contributed by atoms with E-state index < -0.39 is 5.60 Å². The SMILES string of the molecule is CC(=O)O[C@@]12C=CC=C(CCCCCCCCC1)C2=O. The Morgan fingerprint density at radius 1 is 1.10 bits per heavy atom. The maximum atomic E-state index is 12.7. The molecule has 0 heterocycles. The number of rotatable bonds is 1. The highest BCUT2D eigenvalue weighted by Gasteiger charge is 2.41. The first kappa shape index (κ1) is 15.0. The van der Waals surface area contributed by atoms with Crippen molar-refractivity contribution in [2.24, 2.45) is 0 Å². The molecule has 2 bridgehead atoms.